The van der Waals surface area contributed by atoms with Gasteiger partial charge in [0.15, 0.2) is 7.14 Å². The maximum atomic E-state index is 13.9. The molecule has 1 nitrogen and oxygen atoms in total. The summed E-state index contributed by atoms with van der Waals surface area (Å²) < 4.78 is 13.9. The first-order valence-corrected chi connectivity index (χ1v) is 8.49. The van der Waals surface area contributed by atoms with Gasteiger partial charge < -0.3 is 4.57 Å². The Morgan fingerprint density at radius 1 is 0.850 bits per heavy atom. The van der Waals surface area contributed by atoms with Crippen molar-refractivity contribution in [3.63, 3.8) is 0 Å². The first-order chi connectivity index (χ1) is 9.37. The molecule has 0 bridgehead atoms. The Morgan fingerprint density at radius 3 is 1.50 bits per heavy atom. The topological polar surface area (TPSA) is 17.1 Å². The van der Waals surface area contributed by atoms with Crippen molar-refractivity contribution < 1.29 is 4.57 Å². The zero-order valence-corrected chi connectivity index (χ0v) is 13.2. The highest BCUT2D eigenvalue weighted by atomic mass is 31.2. The van der Waals surface area contributed by atoms with E-state index in [1.165, 1.54) is 0 Å². The fraction of sp³-hybridized carbons (Fsp3) is 0.222. The Labute approximate surface area is 121 Å². The molecular weight excluding hydrogens is 263 g/mol. The summed E-state index contributed by atoms with van der Waals surface area (Å²) >= 11 is 0. The van der Waals surface area contributed by atoms with Gasteiger partial charge in [-0.05, 0) is 10.7 Å². The third kappa shape index (κ3) is 2.64. The highest BCUT2D eigenvalue weighted by Crippen LogP contribution is 2.57. The average molecular weight is 284 g/mol. The number of allylic oxidation sites excluding steroid dienone is 1. The van der Waals surface area contributed by atoms with E-state index in [1.54, 1.807) is 0 Å². The number of hydrogen-bond acceptors (Lipinski definition) is 1. The largest absolute Gasteiger partial charge is 0.309 e. The van der Waals surface area contributed by atoms with Gasteiger partial charge in [0.2, 0.25) is 0 Å². The summed E-state index contributed by atoms with van der Waals surface area (Å²) in [6, 6.07) is 19.4. The average Bonchev–Trinajstić information content (AvgIpc) is 2.46. The third-order valence-electron chi connectivity index (χ3n) is 3.49. The lowest BCUT2D eigenvalue weighted by Crippen LogP contribution is -2.22. The molecule has 0 radical (unpaired) electrons. The Balaban J connectivity index is 2.69. The second-order valence-corrected chi connectivity index (χ2v) is 8.77. The quantitative estimate of drug-likeness (QED) is 0.755. The van der Waals surface area contributed by atoms with Crippen molar-refractivity contribution >= 4 is 17.8 Å². The van der Waals surface area contributed by atoms with Crippen LogP contribution in [0.4, 0.5) is 0 Å². The molecule has 0 aliphatic heterocycles. The van der Waals surface area contributed by atoms with Crippen molar-refractivity contribution in [2.24, 2.45) is 5.41 Å². The van der Waals surface area contributed by atoms with Crippen LogP contribution in [0.15, 0.2) is 72.6 Å². The second-order valence-electron chi connectivity index (χ2n) is 5.98. The second kappa shape index (κ2) is 5.42. The van der Waals surface area contributed by atoms with Gasteiger partial charge in [-0.15, -0.1) is 0 Å². The van der Waals surface area contributed by atoms with Gasteiger partial charge in [-0.3, -0.25) is 0 Å². The van der Waals surface area contributed by atoms with Gasteiger partial charge in [0, 0.05) is 10.6 Å². The predicted octanol–water partition coefficient (Wildman–Crippen LogP) is 4.56. The molecule has 0 aliphatic rings. The Kier molecular flexibility index (Phi) is 4.01. The minimum absolute atomic E-state index is 0.207. The van der Waals surface area contributed by atoms with Crippen LogP contribution in [0.25, 0.3) is 0 Å². The summed E-state index contributed by atoms with van der Waals surface area (Å²) in [5.74, 6) is 0. The van der Waals surface area contributed by atoms with E-state index in [0.717, 1.165) is 15.9 Å². The van der Waals surface area contributed by atoms with E-state index in [-0.39, 0.29) is 5.41 Å². The lowest BCUT2D eigenvalue weighted by Gasteiger charge is -2.30. The first kappa shape index (κ1) is 14.8. The van der Waals surface area contributed by atoms with Crippen molar-refractivity contribution in [1.29, 1.82) is 0 Å². The molecule has 0 amide bonds. The van der Waals surface area contributed by atoms with Crippen LogP contribution in [0.3, 0.4) is 0 Å². The van der Waals surface area contributed by atoms with E-state index in [1.807, 2.05) is 60.7 Å². The summed E-state index contributed by atoms with van der Waals surface area (Å²) in [7, 11) is -2.83. The molecule has 0 saturated heterocycles. The van der Waals surface area contributed by atoms with Gasteiger partial charge in [-0.2, -0.15) is 0 Å². The number of hydrogen-bond donors (Lipinski definition) is 0. The zero-order chi connectivity index (χ0) is 14.8. The number of benzene rings is 2. The van der Waals surface area contributed by atoms with Crippen LogP contribution < -0.4 is 10.6 Å². The summed E-state index contributed by atoms with van der Waals surface area (Å²) in [6.07, 6.45) is 0. The minimum Gasteiger partial charge on any atom is -0.309 e. The molecule has 0 spiro atoms. The van der Waals surface area contributed by atoms with E-state index >= 15 is 0 Å². The van der Waals surface area contributed by atoms with Crippen molar-refractivity contribution in [2.75, 3.05) is 0 Å². The van der Waals surface area contributed by atoms with E-state index in [4.69, 9.17) is 0 Å². The van der Waals surface area contributed by atoms with Gasteiger partial charge in [0.1, 0.15) is 0 Å². The smallest absolute Gasteiger partial charge is 0.167 e. The van der Waals surface area contributed by atoms with Crippen LogP contribution in [0, 0.1) is 5.41 Å². The zero-order valence-electron chi connectivity index (χ0n) is 12.3. The molecule has 2 aromatic rings. The molecule has 20 heavy (non-hydrogen) atoms. The molecule has 0 saturated carbocycles. The minimum atomic E-state index is -2.83. The molecule has 0 heterocycles. The van der Waals surface area contributed by atoms with Gasteiger partial charge >= 0.3 is 0 Å². The van der Waals surface area contributed by atoms with E-state index in [0.29, 0.717) is 0 Å². The summed E-state index contributed by atoms with van der Waals surface area (Å²) in [5.41, 5.74) is -0.207. The third-order valence-corrected chi connectivity index (χ3v) is 6.97. The molecule has 104 valence electrons. The molecule has 2 aromatic carbocycles. The molecule has 0 fully saturated rings. The molecule has 2 heteroatoms. The number of rotatable bonds is 3. The van der Waals surface area contributed by atoms with Crippen molar-refractivity contribution in [2.45, 2.75) is 20.8 Å². The van der Waals surface area contributed by atoms with E-state index in [2.05, 4.69) is 27.4 Å². The van der Waals surface area contributed by atoms with Crippen molar-refractivity contribution in [1.82, 2.24) is 0 Å². The van der Waals surface area contributed by atoms with Crippen LogP contribution >= 0.6 is 7.14 Å². The van der Waals surface area contributed by atoms with Gasteiger partial charge in [-0.25, -0.2) is 0 Å². The van der Waals surface area contributed by atoms with Crippen LogP contribution in [0.5, 0.6) is 0 Å². The maximum Gasteiger partial charge on any atom is 0.167 e. The molecule has 0 N–H and O–H groups in total. The highest BCUT2D eigenvalue weighted by Gasteiger charge is 2.36. The normalized spacial score (nSPS) is 12.2. The summed E-state index contributed by atoms with van der Waals surface area (Å²) in [5, 5.41) is 2.50. The van der Waals surface area contributed by atoms with Gasteiger partial charge in [0.05, 0.1) is 0 Å². The predicted molar refractivity (Wildman–Crippen MR) is 88.4 cm³/mol. The molecule has 2 rings (SSSR count). The SMILES string of the molecule is C=C(C(C)(C)C)P(=O)(c1ccccc1)c1ccccc1. The Morgan fingerprint density at radius 2 is 1.20 bits per heavy atom. The van der Waals surface area contributed by atoms with Crippen LogP contribution in [-0.2, 0) is 4.57 Å². The van der Waals surface area contributed by atoms with Crippen molar-refractivity contribution in [3.8, 4) is 0 Å². The molecular formula is C18H21OP. The van der Waals surface area contributed by atoms with E-state index < -0.39 is 7.14 Å². The Bertz CT molecular complexity index is 593. The monoisotopic (exact) mass is 284 g/mol. The van der Waals surface area contributed by atoms with Crippen LogP contribution in [0.2, 0.25) is 0 Å². The lowest BCUT2D eigenvalue weighted by molar-refractivity contribution is 0.519. The Hall–Kier alpha value is -1.59. The highest BCUT2D eigenvalue weighted by molar-refractivity contribution is 7.82. The van der Waals surface area contributed by atoms with Gasteiger partial charge in [0.25, 0.3) is 0 Å². The standard InChI is InChI=1S/C18H21OP/c1-15(18(2,3)4)20(19,16-11-7-5-8-12-16)17-13-9-6-10-14-17/h5-14H,1H2,2-4H3. The van der Waals surface area contributed by atoms with E-state index in [9.17, 15) is 4.57 Å². The first-order valence-electron chi connectivity index (χ1n) is 6.78. The summed E-state index contributed by atoms with van der Waals surface area (Å²) in [4.78, 5) is 0. The van der Waals surface area contributed by atoms with Gasteiger partial charge in [-0.1, -0.05) is 88.0 Å². The fourth-order valence-corrected chi connectivity index (χ4v) is 5.26. The molecule has 0 aliphatic carbocycles. The molecule has 0 atom stereocenters. The molecule has 0 aromatic heterocycles. The summed E-state index contributed by atoms with van der Waals surface area (Å²) in [6.45, 7) is 10.4. The van der Waals surface area contributed by atoms with Crippen LogP contribution in [-0.4, -0.2) is 0 Å². The molecule has 0 unspecified atom stereocenters. The maximum absolute atomic E-state index is 13.9. The lowest BCUT2D eigenvalue weighted by atomic mass is 9.97. The van der Waals surface area contributed by atoms with Crippen LogP contribution in [0.1, 0.15) is 20.8 Å². The van der Waals surface area contributed by atoms with Crippen molar-refractivity contribution in [3.05, 3.63) is 72.6 Å². The fourth-order valence-electron chi connectivity index (χ4n) is 2.21.